The van der Waals surface area contributed by atoms with Gasteiger partial charge in [0.15, 0.2) is 5.76 Å². The van der Waals surface area contributed by atoms with Gasteiger partial charge in [-0.2, -0.15) is 0 Å². The molecule has 2 aromatic carbocycles. The second-order valence-corrected chi connectivity index (χ2v) is 6.62. The smallest absolute Gasteiger partial charge is 0.291 e. The van der Waals surface area contributed by atoms with Crippen molar-refractivity contribution in [1.29, 1.82) is 0 Å². The van der Waals surface area contributed by atoms with Crippen LogP contribution in [0.5, 0.6) is 0 Å². The quantitative estimate of drug-likeness (QED) is 0.610. The molecule has 1 heterocycles. The summed E-state index contributed by atoms with van der Waals surface area (Å²) in [6.07, 6.45) is 4.78. The molecule has 142 valence electrons. The summed E-state index contributed by atoms with van der Waals surface area (Å²) in [6.45, 7) is 6.15. The average Bonchev–Trinajstić information content (AvgIpc) is 3.20. The van der Waals surface area contributed by atoms with Crippen molar-refractivity contribution in [2.45, 2.75) is 20.8 Å². The minimum absolute atomic E-state index is 0.218. The van der Waals surface area contributed by atoms with Gasteiger partial charge in [-0.25, -0.2) is 0 Å². The fraction of sp³-hybridized carbons (Fsp3) is 0.130. The SMILES string of the molecule is Cc1cc(C)c(/C=C/C(=O)Nc2ccc(NC(=O)c3ccco3)cc2)cc1C. The maximum Gasteiger partial charge on any atom is 0.291 e. The van der Waals surface area contributed by atoms with Gasteiger partial charge in [0.25, 0.3) is 5.91 Å². The summed E-state index contributed by atoms with van der Waals surface area (Å²) >= 11 is 0. The molecule has 0 aliphatic rings. The third-order valence-corrected chi connectivity index (χ3v) is 4.45. The molecule has 0 unspecified atom stereocenters. The summed E-state index contributed by atoms with van der Waals surface area (Å²) in [5.74, 6) is -0.303. The van der Waals surface area contributed by atoms with Crippen LogP contribution in [0.1, 0.15) is 32.8 Å². The molecule has 0 spiro atoms. The van der Waals surface area contributed by atoms with Crippen LogP contribution in [0.15, 0.2) is 65.3 Å². The Hall–Kier alpha value is -3.60. The van der Waals surface area contributed by atoms with E-state index in [1.165, 1.54) is 23.5 Å². The summed E-state index contributed by atoms with van der Waals surface area (Å²) in [4.78, 5) is 24.1. The highest BCUT2D eigenvalue weighted by Crippen LogP contribution is 2.18. The van der Waals surface area contributed by atoms with Crippen LogP contribution in [0.25, 0.3) is 6.08 Å². The molecular weight excluding hydrogens is 352 g/mol. The highest BCUT2D eigenvalue weighted by atomic mass is 16.3. The predicted octanol–water partition coefficient (Wildman–Crippen LogP) is 5.11. The second kappa shape index (κ2) is 8.39. The van der Waals surface area contributed by atoms with E-state index in [0.29, 0.717) is 11.4 Å². The fourth-order valence-corrected chi connectivity index (χ4v) is 2.75. The zero-order chi connectivity index (χ0) is 20.1. The van der Waals surface area contributed by atoms with E-state index in [-0.39, 0.29) is 17.6 Å². The average molecular weight is 374 g/mol. The number of carbonyl (C=O) groups excluding carboxylic acids is 2. The largest absolute Gasteiger partial charge is 0.459 e. The molecule has 28 heavy (non-hydrogen) atoms. The zero-order valence-corrected chi connectivity index (χ0v) is 16.1. The summed E-state index contributed by atoms with van der Waals surface area (Å²) in [7, 11) is 0. The van der Waals surface area contributed by atoms with E-state index in [2.05, 4.69) is 36.6 Å². The molecular formula is C23H22N2O3. The lowest BCUT2D eigenvalue weighted by atomic mass is 10.0. The number of hydrogen-bond donors (Lipinski definition) is 2. The zero-order valence-electron chi connectivity index (χ0n) is 16.1. The molecule has 0 radical (unpaired) electrons. The highest BCUT2D eigenvalue weighted by Gasteiger charge is 2.08. The Morgan fingerprint density at radius 1 is 0.857 bits per heavy atom. The number of rotatable bonds is 5. The van der Waals surface area contributed by atoms with Crippen LogP contribution >= 0.6 is 0 Å². The molecule has 3 aromatic rings. The van der Waals surface area contributed by atoms with Crippen molar-refractivity contribution in [2.75, 3.05) is 10.6 Å². The van der Waals surface area contributed by atoms with E-state index < -0.39 is 0 Å². The molecule has 0 saturated carbocycles. The normalized spacial score (nSPS) is 10.8. The standard InChI is InChI=1S/C23H22N2O3/c1-15-13-17(3)18(14-16(15)2)6-11-22(26)24-19-7-9-20(10-8-19)25-23(27)21-5-4-12-28-21/h4-14H,1-3H3,(H,24,26)(H,25,27)/b11-6+. The van der Waals surface area contributed by atoms with E-state index in [9.17, 15) is 9.59 Å². The lowest BCUT2D eigenvalue weighted by Gasteiger charge is -2.07. The molecule has 0 saturated heterocycles. The first-order valence-corrected chi connectivity index (χ1v) is 8.94. The van der Waals surface area contributed by atoms with Gasteiger partial charge in [-0.1, -0.05) is 12.1 Å². The third-order valence-electron chi connectivity index (χ3n) is 4.45. The van der Waals surface area contributed by atoms with Crippen molar-refractivity contribution in [2.24, 2.45) is 0 Å². The number of carbonyl (C=O) groups is 2. The maximum atomic E-state index is 12.2. The van der Waals surface area contributed by atoms with Crippen molar-refractivity contribution >= 4 is 29.3 Å². The van der Waals surface area contributed by atoms with Gasteiger partial charge in [0.05, 0.1) is 6.26 Å². The van der Waals surface area contributed by atoms with Crippen LogP contribution < -0.4 is 10.6 Å². The van der Waals surface area contributed by atoms with Crippen molar-refractivity contribution in [3.05, 3.63) is 88.9 Å². The number of hydrogen-bond acceptors (Lipinski definition) is 3. The Bertz CT molecular complexity index is 1020. The van der Waals surface area contributed by atoms with Gasteiger partial charge in [-0.3, -0.25) is 9.59 Å². The van der Waals surface area contributed by atoms with Gasteiger partial charge in [0, 0.05) is 17.5 Å². The first-order valence-electron chi connectivity index (χ1n) is 8.94. The molecule has 0 fully saturated rings. The van der Waals surface area contributed by atoms with Gasteiger partial charge < -0.3 is 15.1 Å². The summed E-state index contributed by atoms with van der Waals surface area (Å²) < 4.78 is 5.05. The number of furan rings is 1. The molecule has 2 amide bonds. The molecule has 3 rings (SSSR count). The number of anilines is 2. The van der Waals surface area contributed by atoms with E-state index >= 15 is 0 Å². The van der Waals surface area contributed by atoms with E-state index in [4.69, 9.17) is 4.42 Å². The molecule has 0 atom stereocenters. The van der Waals surface area contributed by atoms with E-state index in [1.54, 1.807) is 36.4 Å². The Balaban J connectivity index is 1.60. The minimum atomic E-state index is -0.325. The van der Waals surface area contributed by atoms with E-state index in [1.807, 2.05) is 13.0 Å². The lowest BCUT2D eigenvalue weighted by molar-refractivity contribution is -0.111. The second-order valence-electron chi connectivity index (χ2n) is 6.62. The molecule has 5 nitrogen and oxygen atoms in total. The summed E-state index contributed by atoms with van der Waals surface area (Å²) in [5, 5.41) is 5.54. The Morgan fingerprint density at radius 3 is 2.14 bits per heavy atom. The van der Waals surface area contributed by atoms with Crippen molar-refractivity contribution in [3.8, 4) is 0 Å². The first kappa shape index (κ1) is 19.2. The highest BCUT2D eigenvalue weighted by molar-refractivity contribution is 6.03. The Morgan fingerprint density at radius 2 is 1.50 bits per heavy atom. The van der Waals surface area contributed by atoms with Crippen LogP contribution in [-0.2, 0) is 4.79 Å². The molecule has 1 aromatic heterocycles. The van der Waals surface area contributed by atoms with Crippen LogP contribution in [0.4, 0.5) is 11.4 Å². The minimum Gasteiger partial charge on any atom is -0.459 e. The summed E-state index contributed by atoms with van der Waals surface area (Å²) in [5.41, 5.74) is 5.83. The van der Waals surface area contributed by atoms with Crippen molar-refractivity contribution in [1.82, 2.24) is 0 Å². The van der Waals surface area contributed by atoms with Crippen molar-refractivity contribution in [3.63, 3.8) is 0 Å². The van der Waals surface area contributed by atoms with Gasteiger partial charge in [-0.15, -0.1) is 0 Å². The van der Waals surface area contributed by atoms with Crippen molar-refractivity contribution < 1.29 is 14.0 Å². The fourth-order valence-electron chi connectivity index (χ4n) is 2.75. The molecule has 0 aliphatic carbocycles. The Kier molecular flexibility index (Phi) is 5.75. The van der Waals surface area contributed by atoms with Crippen LogP contribution in [-0.4, -0.2) is 11.8 Å². The number of aryl methyl sites for hydroxylation is 3. The molecule has 5 heteroatoms. The van der Waals surface area contributed by atoms with Crippen LogP contribution in [0, 0.1) is 20.8 Å². The third kappa shape index (κ3) is 4.76. The summed E-state index contributed by atoms with van der Waals surface area (Å²) in [6, 6.07) is 14.3. The topological polar surface area (TPSA) is 71.3 Å². The van der Waals surface area contributed by atoms with Crippen LogP contribution in [0.2, 0.25) is 0 Å². The number of benzene rings is 2. The molecule has 2 N–H and O–H groups in total. The molecule has 0 aliphatic heterocycles. The van der Waals surface area contributed by atoms with E-state index in [0.717, 1.165) is 11.1 Å². The van der Waals surface area contributed by atoms with Gasteiger partial charge in [0.2, 0.25) is 5.91 Å². The number of amides is 2. The molecule has 0 bridgehead atoms. The lowest BCUT2D eigenvalue weighted by Crippen LogP contribution is -2.11. The van der Waals surface area contributed by atoms with Gasteiger partial charge in [0.1, 0.15) is 0 Å². The predicted molar refractivity (Wildman–Crippen MR) is 111 cm³/mol. The monoisotopic (exact) mass is 374 g/mol. The first-order chi connectivity index (χ1) is 13.4. The van der Waals surface area contributed by atoms with Gasteiger partial charge in [-0.05, 0) is 85.5 Å². The van der Waals surface area contributed by atoms with Gasteiger partial charge >= 0.3 is 0 Å². The van der Waals surface area contributed by atoms with Crippen LogP contribution in [0.3, 0.4) is 0 Å². The maximum absolute atomic E-state index is 12.2. The number of nitrogens with one attached hydrogen (secondary N) is 2. The Labute approximate surface area is 164 Å².